The van der Waals surface area contributed by atoms with Crippen LogP contribution in [0.3, 0.4) is 0 Å². The minimum Gasteiger partial charge on any atom is -0.368 e. The molecule has 1 atom stereocenters. The minimum atomic E-state index is -0.0923. The summed E-state index contributed by atoms with van der Waals surface area (Å²) in [6, 6.07) is 5.57. The Morgan fingerprint density at radius 3 is 2.38 bits per heavy atom. The highest BCUT2D eigenvalue weighted by molar-refractivity contribution is 6.42. The van der Waals surface area contributed by atoms with E-state index in [0.29, 0.717) is 16.6 Å². The summed E-state index contributed by atoms with van der Waals surface area (Å²) in [7, 11) is 0. The number of nitrogens with one attached hydrogen (secondary N) is 2. The highest BCUT2D eigenvalue weighted by Gasteiger charge is 2.28. The molecule has 3 rings (SSSR count). The van der Waals surface area contributed by atoms with Crippen LogP contribution in [0.25, 0.3) is 0 Å². The average Bonchev–Trinajstić information content (AvgIpc) is 2.66. The van der Waals surface area contributed by atoms with Crippen LogP contribution >= 0.6 is 23.2 Å². The van der Waals surface area contributed by atoms with Gasteiger partial charge in [0.25, 0.3) is 0 Å². The van der Waals surface area contributed by atoms with Crippen molar-refractivity contribution in [3.05, 3.63) is 28.2 Å². The molecule has 0 radical (unpaired) electrons. The van der Waals surface area contributed by atoms with Gasteiger partial charge in [0, 0.05) is 51.5 Å². The summed E-state index contributed by atoms with van der Waals surface area (Å²) in [4.78, 5) is 16.6. The molecule has 2 heterocycles. The van der Waals surface area contributed by atoms with Crippen LogP contribution in [-0.4, -0.2) is 62.7 Å². The van der Waals surface area contributed by atoms with E-state index in [4.69, 9.17) is 23.2 Å². The lowest BCUT2D eigenvalue weighted by Gasteiger charge is -2.38. The van der Waals surface area contributed by atoms with Crippen LogP contribution in [0.1, 0.15) is 13.8 Å². The quantitative estimate of drug-likeness (QED) is 0.835. The normalized spacial score (nSPS) is 21.1. The number of carbonyl (C=O) groups is 1. The van der Waals surface area contributed by atoms with E-state index in [1.807, 2.05) is 36.9 Å². The third-order valence-corrected chi connectivity index (χ3v) is 4.94. The summed E-state index contributed by atoms with van der Waals surface area (Å²) in [6.45, 7) is 9.57. The third-order valence-electron chi connectivity index (χ3n) is 4.20. The molecule has 2 aliphatic heterocycles. The second-order valence-corrected chi connectivity index (χ2v) is 6.44. The van der Waals surface area contributed by atoms with Gasteiger partial charge in [0.1, 0.15) is 0 Å². The van der Waals surface area contributed by atoms with Gasteiger partial charge in [0.2, 0.25) is 5.91 Å². The zero-order valence-corrected chi connectivity index (χ0v) is 15.8. The highest BCUT2D eigenvalue weighted by atomic mass is 35.5. The number of piperazine rings is 2. The predicted octanol–water partition coefficient (Wildman–Crippen LogP) is 2.23. The molecule has 2 fully saturated rings. The van der Waals surface area contributed by atoms with Crippen molar-refractivity contribution >= 4 is 34.8 Å². The Labute approximate surface area is 154 Å². The second-order valence-electron chi connectivity index (χ2n) is 5.62. The number of benzene rings is 1. The summed E-state index contributed by atoms with van der Waals surface area (Å²) < 4.78 is 0. The number of carbonyl (C=O) groups excluding carboxylic acids is 1. The fourth-order valence-electron chi connectivity index (χ4n) is 2.92. The Bertz CT molecular complexity index is 541. The van der Waals surface area contributed by atoms with Crippen LogP contribution in [0.5, 0.6) is 0 Å². The molecule has 2 N–H and O–H groups in total. The summed E-state index contributed by atoms with van der Waals surface area (Å²) >= 11 is 12.0. The number of anilines is 1. The van der Waals surface area contributed by atoms with Gasteiger partial charge < -0.3 is 20.4 Å². The molecule has 24 heavy (non-hydrogen) atoms. The molecule has 1 aromatic rings. The smallest absolute Gasteiger partial charge is 0.241 e. The molecule has 0 saturated carbocycles. The first-order valence-electron chi connectivity index (χ1n) is 8.58. The van der Waals surface area contributed by atoms with E-state index in [9.17, 15) is 4.79 Å². The van der Waals surface area contributed by atoms with E-state index in [0.717, 1.165) is 45.0 Å². The zero-order valence-electron chi connectivity index (χ0n) is 14.3. The third kappa shape index (κ3) is 4.76. The molecule has 2 aliphatic rings. The predicted molar refractivity (Wildman–Crippen MR) is 101 cm³/mol. The fourth-order valence-corrected chi connectivity index (χ4v) is 3.21. The number of nitrogens with zero attached hydrogens (tertiary/aromatic N) is 2. The Kier molecular flexibility index (Phi) is 7.62. The van der Waals surface area contributed by atoms with Gasteiger partial charge in [-0.05, 0) is 18.2 Å². The fraction of sp³-hybridized carbons (Fsp3) is 0.588. The van der Waals surface area contributed by atoms with Gasteiger partial charge in [-0.1, -0.05) is 37.0 Å². The maximum Gasteiger partial charge on any atom is 0.241 e. The molecular formula is C17H26Cl2N4O. The van der Waals surface area contributed by atoms with E-state index < -0.39 is 0 Å². The first-order chi connectivity index (χ1) is 11.6. The molecular weight excluding hydrogens is 347 g/mol. The van der Waals surface area contributed by atoms with Crippen molar-refractivity contribution in [2.75, 3.05) is 50.7 Å². The molecule has 5 nitrogen and oxygen atoms in total. The zero-order chi connectivity index (χ0) is 17.5. The van der Waals surface area contributed by atoms with Crippen LogP contribution in [0, 0.1) is 0 Å². The van der Waals surface area contributed by atoms with Gasteiger partial charge in [-0.15, -0.1) is 0 Å². The standard InChI is InChI=1S/C15H20Cl2N4O.C2H6/c16-12-2-1-11(9-13(12)17)20-5-7-21(8-6-20)15(22)14-10-18-3-4-19-14;1-2/h1-2,9,14,18-19H,3-8,10H2;1-2H3. The lowest BCUT2D eigenvalue weighted by molar-refractivity contribution is -0.133. The van der Waals surface area contributed by atoms with Crippen LogP contribution < -0.4 is 15.5 Å². The van der Waals surface area contributed by atoms with Gasteiger partial charge in [0.15, 0.2) is 0 Å². The second kappa shape index (κ2) is 9.47. The molecule has 0 aliphatic carbocycles. The van der Waals surface area contributed by atoms with Gasteiger partial charge in [-0.3, -0.25) is 4.79 Å². The topological polar surface area (TPSA) is 47.6 Å². The SMILES string of the molecule is CC.O=C(C1CNCCN1)N1CCN(c2ccc(Cl)c(Cl)c2)CC1. The average molecular weight is 373 g/mol. The molecule has 134 valence electrons. The van der Waals surface area contributed by atoms with Crippen molar-refractivity contribution in [2.24, 2.45) is 0 Å². The van der Waals surface area contributed by atoms with Gasteiger partial charge in [-0.25, -0.2) is 0 Å². The molecule has 7 heteroatoms. The number of hydrogen-bond donors (Lipinski definition) is 2. The van der Waals surface area contributed by atoms with Crippen LogP contribution in [0.4, 0.5) is 5.69 Å². The Morgan fingerprint density at radius 2 is 1.79 bits per heavy atom. The van der Waals surface area contributed by atoms with Gasteiger partial charge >= 0.3 is 0 Å². The lowest BCUT2D eigenvalue weighted by Crippen LogP contribution is -2.59. The number of hydrogen-bond acceptors (Lipinski definition) is 4. The van der Waals surface area contributed by atoms with Crippen molar-refractivity contribution in [2.45, 2.75) is 19.9 Å². The van der Waals surface area contributed by atoms with Gasteiger partial charge in [0.05, 0.1) is 16.1 Å². The largest absolute Gasteiger partial charge is 0.368 e. The maximum absolute atomic E-state index is 12.5. The van der Waals surface area contributed by atoms with E-state index >= 15 is 0 Å². The number of amides is 1. The molecule has 1 unspecified atom stereocenters. The van der Waals surface area contributed by atoms with Crippen molar-refractivity contribution in [3.8, 4) is 0 Å². The first kappa shape index (κ1) is 19.3. The van der Waals surface area contributed by atoms with Crippen LogP contribution in [0.2, 0.25) is 10.0 Å². The Balaban J connectivity index is 0.00000100. The summed E-state index contributed by atoms with van der Waals surface area (Å²) in [6.07, 6.45) is 0. The van der Waals surface area contributed by atoms with Gasteiger partial charge in [-0.2, -0.15) is 0 Å². The molecule has 2 saturated heterocycles. The summed E-state index contributed by atoms with van der Waals surface area (Å²) in [5.41, 5.74) is 1.05. The number of rotatable bonds is 2. The first-order valence-corrected chi connectivity index (χ1v) is 9.33. The van der Waals surface area contributed by atoms with E-state index in [2.05, 4.69) is 15.5 Å². The van der Waals surface area contributed by atoms with E-state index in [1.54, 1.807) is 0 Å². The van der Waals surface area contributed by atoms with Crippen LogP contribution in [0.15, 0.2) is 18.2 Å². The summed E-state index contributed by atoms with van der Waals surface area (Å²) in [5.74, 6) is 0.195. The molecule has 1 amide bonds. The highest BCUT2D eigenvalue weighted by Crippen LogP contribution is 2.27. The van der Waals surface area contributed by atoms with Crippen molar-refractivity contribution < 1.29 is 4.79 Å². The van der Waals surface area contributed by atoms with E-state index in [1.165, 1.54) is 0 Å². The Morgan fingerprint density at radius 1 is 1.08 bits per heavy atom. The van der Waals surface area contributed by atoms with Crippen molar-refractivity contribution in [1.29, 1.82) is 0 Å². The molecule has 0 bridgehead atoms. The molecule has 1 aromatic carbocycles. The van der Waals surface area contributed by atoms with Crippen molar-refractivity contribution in [3.63, 3.8) is 0 Å². The monoisotopic (exact) mass is 372 g/mol. The van der Waals surface area contributed by atoms with Crippen molar-refractivity contribution in [1.82, 2.24) is 15.5 Å². The van der Waals surface area contributed by atoms with Crippen LogP contribution in [-0.2, 0) is 4.79 Å². The minimum absolute atomic E-state index is 0.0923. The Hall–Kier alpha value is -1.01. The summed E-state index contributed by atoms with van der Waals surface area (Å²) in [5, 5.41) is 7.66. The number of halogens is 2. The molecule has 0 spiro atoms. The maximum atomic E-state index is 12.5. The van der Waals surface area contributed by atoms with E-state index in [-0.39, 0.29) is 11.9 Å². The molecule has 0 aromatic heterocycles. The lowest BCUT2D eigenvalue weighted by atomic mass is 10.1.